The van der Waals surface area contributed by atoms with Crippen LogP contribution in [0.2, 0.25) is 0 Å². The lowest BCUT2D eigenvalue weighted by atomic mass is 10.3. The third-order valence-corrected chi connectivity index (χ3v) is 2.55. The zero-order valence-corrected chi connectivity index (χ0v) is 12.6. The van der Waals surface area contributed by atoms with Gasteiger partial charge in [0.05, 0.1) is 11.6 Å². The summed E-state index contributed by atoms with van der Waals surface area (Å²) < 4.78 is 1.76. The second kappa shape index (κ2) is 6.56. The van der Waals surface area contributed by atoms with E-state index in [9.17, 15) is 0 Å². The first-order valence-corrected chi connectivity index (χ1v) is 6.32. The Morgan fingerprint density at radius 1 is 1.32 bits per heavy atom. The van der Waals surface area contributed by atoms with Crippen LogP contribution in [0.1, 0.15) is 27.2 Å². The average Bonchev–Trinajstić information content (AvgIpc) is 2.68. The third-order valence-electron chi connectivity index (χ3n) is 2.55. The number of nitrogens with zero attached hydrogens (tertiary/aromatic N) is 4. The summed E-state index contributed by atoms with van der Waals surface area (Å²) in [4.78, 5) is 8.98. The minimum atomic E-state index is 0. The maximum Gasteiger partial charge on any atom is 0.226 e. The Morgan fingerprint density at radius 3 is 2.68 bits per heavy atom. The number of fused-ring (bicyclic) bond motifs is 1. The number of aryl methyl sites for hydroxylation is 1. The quantitative estimate of drug-likeness (QED) is 0.883. The van der Waals surface area contributed by atoms with Crippen molar-refractivity contribution in [3.05, 3.63) is 6.20 Å². The van der Waals surface area contributed by atoms with Crippen molar-refractivity contribution >= 4 is 35.2 Å². The first-order valence-electron chi connectivity index (χ1n) is 6.32. The van der Waals surface area contributed by atoms with Crippen molar-refractivity contribution in [3.63, 3.8) is 0 Å². The van der Waals surface area contributed by atoms with Crippen molar-refractivity contribution in [1.29, 1.82) is 0 Å². The maximum atomic E-state index is 4.51. The predicted molar refractivity (Wildman–Crippen MR) is 81.1 cm³/mol. The maximum absolute atomic E-state index is 4.51. The lowest BCUT2D eigenvalue weighted by Gasteiger charge is -2.12. The van der Waals surface area contributed by atoms with Gasteiger partial charge in [-0.1, -0.05) is 6.92 Å². The van der Waals surface area contributed by atoms with Crippen molar-refractivity contribution < 1.29 is 0 Å². The van der Waals surface area contributed by atoms with Crippen LogP contribution in [0.5, 0.6) is 0 Å². The number of hydrogen-bond donors (Lipinski definition) is 2. The van der Waals surface area contributed by atoms with Gasteiger partial charge in [-0.2, -0.15) is 15.1 Å². The molecule has 0 aliphatic rings. The van der Waals surface area contributed by atoms with Gasteiger partial charge in [-0.3, -0.25) is 4.68 Å². The van der Waals surface area contributed by atoms with Gasteiger partial charge in [0.2, 0.25) is 5.95 Å². The molecule has 2 aromatic rings. The standard InChI is InChI=1S/C12H20N6.ClH/c1-5-6-13-12-16-10(15-8(2)3)9-7-14-18(4)11(9)17-12;/h7-8H,5-6H2,1-4H3,(H2,13,15,16,17);1H. The molecule has 0 saturated carbocycles. The monoisotopic (exact) mass is 284 g/mol. The van der Waals surface area contributed by atoms with Gasteiger partial charge in [0.1, 0.15) is 5.82 Å². The molecule has 0 atom stereocenters. The van der Waals surface area contributed by atoms with Crippen LogP contribution in [0, 0.1) is 0 Å². The fourth-order valence-electron chi connectivity index (χ4n) is 1.72. The number of halogens is 1. The van der Waals surface area contributed by atoms with E-state index in [0.29, 0.717) is 12.0 Å². The SMILES string of the molecule is CCCNc1nc(NC(C)C)c2cnn(C)c2n1.Cl. The average molecular weight is 285 g/mol. The fourth-order valence-corrected chi connectivity index (χ4v) is 1.72. The van der Waals surface area contributed by atoms with Crippen LogP contribution in [0.15, 0.2) is 6.20 Å². The summed E-state index contributed by atoms with van der Waals surface area (Å²) in [5, 5.41) is 11.7. The van der Waals surface area contributed by atoms with E-state index in [1.807, 2.05) is 7.05 Å². The fraction of sp³-hybridized carbons (Fsp3) is 0.583. The summed E-state index contributed by atoms with van der Waals surface area (Å²) in [6.45, 7) is 7.15. The van der Waals surface area contributed by atoms with Crippen molar-refractivity contribution in [3.8, 4) is 0 Å². The first-order chi connectivity index (χ1) is 8.61. The molecule has 0 saturated heterocycles. The summed E-state index contributed by atoms with van der Waals surface area (Å²) >= 11 is 0. The van der Waals surface area contributed by atoms with Crippen LogP contribution in [-0.2, 0) is 7.05 Å². The highest BCUT2D eigenvalue weighted by Gasteiger charge is 2.11. The van der Waals surface area contributed by atoms with Crippen LogP contribution in [-0.4, -0.2) is 32.3 Å². The van der Waals surface area contributed by atoms with Crippen molar-refractivity contribution in [2.75, 3.05) is 17.2 Å². The number of hydrogen-bond acceptors (Lipinski definition) is 5. The predicted octanol–water partition coefficient (Wildman–Crippen LogP) is 2.43. The molecule has 2 rings (SSSR count). The van der Waals surface area contributed by atoms with Gasteiger partial charge < -0.3 is 10.6 Å². The molecule has 106 valence electrons. The molecule has 2 aromatic heterocycles. The summed E-state index contributed by atoms with van der Waals surface area (Å²) in [5.74, 6) is 1.48. The zero-order chi connectivity index (χ0) is 13.1. The topological polar surface area (TPSA) is 67.7 Å². The molecule has 2 N–H and O–H groups in total. The van der Waals surface area contributed by atoms with Crippen molar-refractivity contribution in [1.82, 2.24) is 19.7 Å². The highest BCUT2D eigenvalue weighted by atomic mass is 35.5. The molecule has 2 heterocycles. The Bertz CT molecular complexity index is 536. The number of anilines is 2. The third kappa shape index (κ3) is 3.47. The van der Waals surface area contributed by atoms with Crippen LogP contribution in [0.3, 0.4) is 0 Å². The first kappa shape index (κ1) is 15.5. The van der Waals surface area contributed by atoms with Crippen LogP contribution >= 0.6 is 12.4 Å². The molecule has 0 aliphatic carbocycles. The van der Waals surface area contributed by atoms with E-state index >= 15 is 0 Å². The van der Waals surface area contributed by atoms with Crippen molar-refractivity contribution in [2.24, 2.45) is 7.05 Å². The molecule has 19 heavy (non-hydrogen) atoms. The Kier molecular flexibility index (Phi) is 5.35. The highest BCUT2D eigenvalue weighted by Crippen LogP contribution is 2.21. The Morgan fingerprint density at radius 2 is 2.05 bits per heavy atom. The molecule has 0 spiro atoms. The summed E-state index contributed by atoms with van der Waals surface area (Å²) in [7, 11) is 1.89. The van der Waals surface area contributed by atoms with E-state index in [1.165, 1.54) is 0 Å². The van der Waals surface area contributed by atoms with Gasteiger partial charge in [-0.05, 0) is 20.3 Å². The molecular formula is C12H21ClN6. The molecule has 6 nitrogen and oxygen atoms in total. The van der Waals surface area contributed by atoms with E-state index in [-0.39, 0.29) is 12.4 Å². The zero-order valence-electron chi connectivity index (χ0n) is 11.8. The van der Waals surface area contributed by atoms with Crippen LogP contribution in [0.25, 0.3) is 11.0 Å². The number of nitrogens with one attached hydrogen (secondary N) is 2. The summed E-state index contributed by atoms with van der Waals surface area (Å²) in [6, 6.07) is 0.322. The summed E-state index contributed by atoms with van der Waals surface area (Å²) in [5.41, 5.74) is 0.840. The van der Waals surface area contributed by atoms with Crippen LogP contribution < -0.4 is 10.6 Å². The molecule has 7 heteroatoms. The lowest BCUT2D eigenvalue weighted by Crippen LogP contribution is -2.13. The number of rotatable bonds is 5. The van der Waals surface area contributed by atoms with Gasteiger partial charge in [0, 0.05) is 19.6 Å². The molecule has 0 fully saturated rings. The van der Waals surface area contributed by atoms with E-state index < -0.39 is 0 Å². The number of aromatic nitrogens is 4. The largest absolute Gasteiger partial charge is 0.367 e. The lowest BCUT2D eigenvalue weighted by molar-refractivity contribution is 0.785. The molecular weight excluding hydrogens is 264 g/mol. The van der Waals surface area contributed by atoms with Gasteiger partial charge in [-0.15, -0.1) is 12.4 Å². The highest BCUT2D eigenvalue weighted by molar-refractivity contribution is 5.87. The van der Waals surface area contributed by atoms with E-state index in [2.05, 4.69) is 46.5 Å². The van der Waals surface area contributed by atoms with Gasteiger partial charge in [0.25, 0.3) is 0 Å². The summed E-state index contributed by atoms with van der Waals surface area (Å²) in [6.07, 6.45) is 2.84. The second-order valence-electron chi connectivity index (χ2n) is 4.63. The molecule has 0 radical (unpaired) electrons. The minimum absolute atomic E-state index is 0. The Balaban J connectivity index is 0.00000180. The molecule has 0 bridgehead atoms. The smallest absolute Gasteiger partial charge is 0.226 e. The molecule has 0 aliphatic heterocycles. The second-order valence-corrected chi connectivity index (χ2v) is 4.63. The molecule has 0 amide bonds. The van der Waals surface area contributed by atoms with E-state index in [4.69, 9.17) is 0 Å². The normalized spacial score (nSPS) is 10.6. The van der Waals surface area contributed by atoms with Gasteiger partial charge in [0.15, 0.2) is 5.65 Å². The Hall–Kier alpha value is -1.56. The Labute approximate surface area is 119 Å². The van der Waals surface area contributed by atoms with Gasteiger partial charge >= 0.3 is 0 Å². The minimum Gasteiger partial charge on any atom is -0.367 e. The van der Waals surface area contributed by atoms with Crippen LogP contribution in [0.4, 0.5) is 11.8 Å². The van der Waals surface area contributed by atoms with E-state index in [1.54, 1.807) is 10.9 Å². The molecule has 0 aromatic carbocycles. The van der Waals surface area contributed by atoms with Crippen molar-refractivity contribution in [2.45, 2.75) is 33.2 Å². The molecule has 0 unspecified atom stereocenters. The van der Waals surface area contributed by atoms with Gasteiger partial charge in [-0.25, -0.2) is 0 Å². The van der Waals surface area contributed by atoms with E-state index in [0.717, 1.165) is 29.8 Å².